The molecular formula is C12H20N2O3. The summed E-state index contributed by atoms with van der Waals surface area (Å²) in [7, 11) is 4.81. The normalized spacial score (nSPS) is 11.6. The van der Waals surface area contributed by atoms with Crippen molar-refractivity contribution >= 4 is 5.78 Å². The minimum Gasteiger partial charge on any atom is -0.493 e. The lowest BCUT2D eigenvalue weighted by atomic mass is 9.89. The van der Waals surface area contributed by atoms with Crippen molar-refractivity contribution in [2.45, 2.75) is 32.3 Å². The zero-order valence-corrected chi connectivity index (χ0v) is 11.1. The minimum atomic E-state index is -0.791. The van der Waals surface area contributed by atoms with Crippen molar-refractivity contribution in [1.82, 2.24) is 9.78 Å². The summed E-state index contributed by atoms with van der Waals surface area (Å²) in [6, 6.07) is 0. The summed E-state index contributed by atoms with van der Waals surface area (Å²) in [5, 5.41) is 4.04. The Hall–Kier alpha value is -1.36. The second kappa shape index (κ2) is 5.31. The zero-order chi connectivity index (χ0) is 13.1. The van der Waals surface area contributed by atoms with Gasteiger partial charge in [0, 0.05) is 14.2 Å². The molecule has 0 bridgehead atoms. The van der Waals surface area contributed by atoms with E-state index in [1.165, 1.54) is 11.8 Å². The molecule has 0 atom stereocenters. The predicted octanol–water partition coefficient (Wildman–Crippen LogP) is 1.82. The van der Waals surface area contributed by atoms with Crippen LogP contribution in [0.2, 0.25) is 0 Å². The van der Waals surface area contributed by atoms with Gasteiger partial charge in [-0.2, -0.15) is 5.10 Å². The summed E-state index contributed by atoms with van der Waals surface area (Å²) in [4.78, 5) is 12.6. The number of hydrogen-bond donors (Lipinski definition) is 0. The van der Waals surface area contributed by atoms with Crippen LogP contribution < -0.4 is 4.74 Å². The molecule has 0 amide bonds. The Morgan fingerprint density at radius 2 is 2.00 bits per heavy atom. The van der Waals surface area contributed by atoms with Gasteiger partial charge in [0.15, 0.2) is 5.75 Å². The molecule has 0 radical (unpaired) electrons. The van der Waals surface area contributed by atoms with Crippen LogP contribution in [0.1, 0.15) is 37.2 Å². The molecule has 0 aliphatic rings. The van der Waals surface area contributed by atoms with Crippen molar-refractivity contribution in [2.75, 3.05) is 14.2 Å². The highest BCUT2D eigenvalue weighted by Gasteiger charge is 2.38. The van der Waals surface area contributed by atoms with E-state index < -0.39 is 5.60 Å². The molecule has 0 unspecified atom stereocenters. The fourth-order valence-electron chi connectivity index (χ4n) is 1.99. The molecule has 0 aliphatic heterocycles. The van der Waals surface area contributed by atoms with Crippen molar-refractivity contribution in [3.63, 3.8) is 0 Å². The maximum absolute atomic E-state index is 12.6. The third-order valence-electron chi connectivity index (χ3n) is 3.29. The van der Waals surface area contributed by atoms with Gasteiger partial charge in [-0.05, 0) is 12.8 Å². The van der Waals surface area contributed by atoms with E-state index in [9.17, 15) is 4.79 Å². The number of ether oxygens (including phenoxy) is 2. The molecule has 1 aromatic rings. The van der Waals surface area contributed by atoms with E-state index >= 15 is 0 Å². The lowest BCUT2D eigenvalue weighted by Gasteiger charge is -2.28. The predicted molar refractivity (Wildman–Crippen MR) is 64.4 cm³/mol. The van der Waals surface area contributed by atoms with E-state index in [4.69, 9.17) is 9.47 Å². The molecule has 0 aliphatic carbocycles. The summed E-state index contributed by atoms with van der Waals surface area (Å²) < 4.78 is 12.1. The van der Waals surface area contributed by atoms with Gasteiger partial charge in [0.1, 0.15) is 11.3 Å². The Morgan fingerprint density at radius 3 is 2.41 bits per heavy atom. The molecule has 5 heteroatoms. The number of aromatic nitrogens is 2. The van der Waals surface area contributed by atoms with Gasteiger partial charge in [-0.25, -0.2) is 0 Å². The molecule has 1 aromatic heterocycles. The van der Waals surface area contributed by atoms with Crippen molar-refractivity contribution < 1.29 is 14.3 Å². The maximum Gasteiger partial charge on any atom is 0.216 e. The van der Waals surface area contributed by atoms with Gasteiger partial charge in [-0.15, -0.1) is 0 Å². The number of hydrogen-bond acceptors (Lipinski definition) is 4. The Morgan fingerprint density at radius 1 is 1.41 bits per heavy atom. The largest absolute Gasteiger partial charge is 0.493 e. The Labute approximate surface area is 102 Å². The van der Waals surface area contributed by atoms with Crippen LogP contribution in [0.5, 0.6) is 5.75 Å². The second-order valence-electron chi connectivity index (χ2n) is 3.92. The molecule has 0 aromatic carbocycles. The van der Waals surface area contributed by atoms with Gasteiger partial charge in [0.2, 0.25) is 5.78 Å². The fraction of sp³-hybridized carbons (Fsp3) is 0.667. The molecule has 96 valence electrons. The zero-order valence-electron chi connectivity index (χ0n) is 11.1. The SMILES string of the molecule is CCC(CC)(OC)C(=O)c1c(OC)cnn1C. The number of aryl methyl sites for hydroxylation is 1. The lowest BCUT2D eigenvalue weighted by Crippen LogP contribution is -2.40. The first-order chi connectivity index (χ1) is 8.06. The lowest BCUT2D eigenvalue weighted by molar-refractivity contribution is -0.00356. The summed E-state index contributed by atoms with van der Waals surface area (Å²) in [6.45, 7) is 3.88. The first-order valence-corrected chi connectivity index (χ1v) is 5.72. The van der Waals surface area contributed by atoms with Crippen molar-refractivity contribution in [1.29, 1.82) is 0 Å². The Balaban J connectivity index is 3.22. The van der Waals surface area contributed by atoms with Crippen LogP contribution in [-0.2, 0) is 11.8 Å². The second-order valence-corrected chi connectivity index (χ2v) is 3.92. The maximum atomic E-state index is 12.6. The summed E-state index contributed by atoms with van der Waals surface area (Å²) in [5.41, 5.74) is -0.334. The molecule has 1 heterocycles. The average Bonchev–Trinajstić information content (AvgIpc) is 2.73. The third kappa shape index (κ3) is 2.20. The molecule has 0 saturated heterocycles. The van der Waals surface area contributed by atoms with Crippen molar-refractivity contribution in [2.24, 2.45) is 7.05 Å². The molecule has 1 rings (SSSR count). The highest BCUT2D eigenvalue weighted by atomic mass is 16.5. The molecule has 5 nitrogen and oxygen atoms in total. The van der Waals surface area contributed by atoms with Crippen molar-refractivity contribution in [3.05, 3.63) is 11.9 Å². The molecule has 0 fully saturated rings. The summed E-state index contributed by atoms with van der Waals surface area (Å²) in [6.07, 6.45) is 2.78. The molecular weight excluding hydrogens is 220 g/mol. The monoisotopic (exact) mass is 240 g/mol. The first kappa shape index (κ1) is 13.7. The standard InChI is InChI=1S/C12H20N2O3/c1-6-12(7-2,17-5)11(15)10-9(16-4)8-13-14(10)3/h8H,6-7H2,1-5H3. The summed E-state index contributed by atoms with van der Waals surface area (Å²) in [5.74, 6) is 0.405. The van der Waals surface area contributed by atoms with E-state index in [1.807, 2.05) is 13.8 Å². The summed E-state index contributed by atoms with van der Waals surface area (Å²) >= 11 is 0. The Bertz CT molecular complexity index is 386. The van der Waals surface area contributed by atoms with E-state index in [0.29, 0.717) is 24.3 Å². The van der Waals surface area contributed by atoms with Gasteiger partial charge < -0.3 is 9.47 Å². The third-order valence-corrected chi connectivity index (χ3v) is 3.29. The van der Waals surface area contributed by atoms with Gasteiger partial charge in [0.05, 0.1) is 13.3 Å². The fourth-order valence-corrected chi connectivity index (χ4v) is 1.99. The smallest absolute Gasteiger partial charge is 0.216 e. The van der Waals surface area contributed by atoms with Gasteiger partial charge in [-0.3, -0.25) is 9.48 Å². The highest BCUT2D eigenvalue weighted by molar-refractivity contribution is 6.03. The van der Waals surface area contributed by atoms with Crippen LogP contribution in [0, 0.1) is 0 Å². The number of Topliss-reactive ketones (excluding diaryl/α,β-unsaturated/α-hetero) is 1. The van der Waals surface area contributed by atoms with Crippen LogP contribution >= 0.6 is 0 Å². The average molecular weight is 240 g/mol. The number of ketones is 1. The van der Waals surface area contributed by atoms with E-state index in [0.717, 1.165) is 0 Å². The van der Waals surface area contributed by atoms with Crippen LogP contribution in [0.15, 0.2) is 6.20 Å². The van der Waals surface area contributed by atoms with Crippen LogP contribution in [-0.4, -0.2) is 35.4 Å². The van der Waals surface area contributed by atoms with E-state index in [1.54, 1.807) is 20.4 Å². The van der Waals surface area contributed by atoms with Crippen LogP contribution in [0.3, 0.4) is 0 Å². The van der Waals surface area contributed by atoms with Crippen LogP contribution in [0.4, 0.5) is 0 Å². The Kier molecular flexibility index (Phi) is 4.28. The van der Waals surface area contributed by atoms with E-state index in [-0.39, 0.29) is 5.78 Å². The first-order valence-electron chi connectivity index (χ1n) is 5.72. The number of methoxy groups -OCH3 is 2. The van der Waals surface area contributed by atoms with Crippen LogP contribution in [0.25, 0.3) is 0 Å². The number of nitrogens with zero attached hydrogens (tertiary/aromatic N) is 2. The molecule has 0 spiro atoms. The molecule has 0 N–H and O–H groups in total. The molecule has 17 heavy (non-hydrogen) atoms. The minimum absolute atomic E-state index is 0.0816. The van der Waals surface area contributed by atoms with Gasteiger partial charge in [-0.1, -0.05) is 13.8 Å². The topological polar surface area (TPSA) is 53.4 Å². The van der Waals surface area contributed by atoms with Crippen molar-refractivity contribution in [3.8, 4) is 5.75 Å². The quantitative estimate of drug-likeness (QED) is 0.712. The molecule has 0 saturated carbocycles. The van der Waals surface area contributed by atoms with Gasteiger partial charge >= 0.3 is 0 Å². The van der Waals surface area contributed by atoms with Gasteiger partial charge in [0.25, 0.3) is 0 Å². The number of rotatable bonds is 6. The number of carbonyl (C=O) groups excluding carboxylic acids is 1. The van der Waals surface area contributed by atoms with E-state index in [2.05, 4.69) is 5.10 Å². The number of carbonyl (C=O) groups is 1. The highest BCUT2D eigenvalue weighted by Crippen LogP contribution is 2.29.